The Morgan fingerprint density at radius 2 is 2.11 bits per heavy atom. The maximum Gasteiger partial charge on any atom is 0.167 e. The molecule has 0 saturated heterocycles. The van der Waals surface area contributed by atoms with Crippen LogP contribution in [0.25, 0.3) is 0 Å². The number of halogens is 1. The van der Waals surface area contributed by atoms with Crippen LogP contribution >= 0.6 is 0 Å². The molecule has 1 unspecified atom stereocenters. The maximum absolute atomic E-state index is 13.4. The molecule has 0 bridgehead atoms. The van der Waals surface area contributed by atoms with Crippen LogP contribution < -0.4 is 10.1 Å². The number of aliphatic hydroxyl groups excluding tert-OH is 1. The molecule has 0 aliphatic heterocycles. The van der Waals surface area contributed by atoms with E-state index in [4.69, 9.17) is 14.2 Å². The van der Waals surface area contributed by atoms with Gasteiger partial charge in [0.05, 0.1) is 33.0 Å². The van der Waals surface area contributed by atoms with Gasteiger partial charge >= 0.3 is 0 Å². The Balaban J connectivity index is 2.29. The van der Waals surface area contributed by atoms with Crippen molar-refractivity contribution in [2.24, 2.45) is 0 Å². The summed E-state index contributed by atoms with van der Waals surface area (Å²) in [5.41, 5.74) is 0.578. The van der Waals surface area contributed by atoms with Crippen LogP contribution in [0.1, 0.15) is 0 Å². The van der Waals surface area contributed by atoms with Crippen LogP contribution in [0.5, 0.6) is 5.75 Å². The molecule has 1 aromatic rings. The molecule has 0 saturated carbocycles. The maximum atomic E-state index is 13.4. The van der Waals surface area contributed by atoms with Crippen molar-refractivity contribution in [3.8, 4) is 5.75 Å². The zero-order valence-electron chi connectivity index (χ0n) is 11.2. The lowest BCUT2D eigenvalue weighted by Crippen LogP contribution is -2.25. The quantitative estimate of drug-likeness (QED) is 0.664. The second-order valence-electron chi connectivity index (χ2n) is 3.95. The van der Waals surface area contributed by atoms with Crippen LogP contribution in [0.3, 0.4) is 0 Å². The molecule has 5 nitrogen and oxygen atoms in total. The third-order valence-electron chi connectivity index (χ3n) is 2.44. The molecule has 0 heterocycles. The molecule has 0 aromatic heterocycles. The van der Waals surface area contributed by atoms with Crippen molar-refractivity contribution in [2.45, 2.75) is 6.10 Å². The van der Waals surface area contributed by atoms with E-state index in [1.165, 1.54) is 19.2 Å². The predicted octanol–water partition coefficient (Wildman–Crippen LogP) is 1.27. The van der Waals surface area contributed by atoms with Gasteiger partial charge < -0.3 is 24.6 Å². The van der Waals surface area contributed by atoms with E-state index < -0.39 is 11.9 Å². The van der Waals surface area contributed by atoms with Gasteiger partial charge in [0.25, 0.3) is 0 Å². The van der Waals surface area contributed by atoms with E-state index >= 15 is 0 Å². The Bertz CT molecular complexity index is 376. The van der Waals surface area contributed by atoms with Crippen molar-refractivity contribution in [1.82, 2.24) is 0 Å². The van der Waals surface area contributed by atoms with E-state index in [0.29, 0.717) is 18.9 Å². The zero-order valence-corrected chi connectivity index (χ0v) is 11.2. The standard InChI is InChI=1S/C13H20FNO4/c1-17-5-6-19-9-11(16)8-15-10-3-4-13(18-2)12(14)7-10/h3-4,7,11,15-16H,5-6,8-9H2,1-2H3. The number of nitrogens with one attached hydrogen (secondary N) is 1. The minimum Gasteiger partial charge on any atom is -0.494 e. The summed E-state index contributed by atoms with van der Waals surface area (Å²) in [7, 11) is 2.99. The summed E-state index contributed by atoms with van der Waals surface area (Å²) in [5, 5.41) is 12.6. The minimum absolute atomic E-state index is 0.189. The number of benzene rings is 1. The lowest BCUT2D eigenvalue weighted by Gasteiger charge is -2.13. The predicted molar refractivity (Wildman–Crippen MR) is 70.1 cm³/mol. The van der Waals surface area contributed by atoms with Crippen molar-refractivity contribution in [2.75, 3.05) is 45.9 Å². The van der Waals surface area contributed by atoms with Gasteiger partial charge in [-0.2, -0.15) is 0 Å². The number of hydrogen-bond acceptors (Lipinski definition) is 5. The van der Waals surface area contributed by atoms with E-state index in [-0.39, 0.29) is 18.9 Å². The number of rotatable bonds is 9. The highest BCUT2D eigenvalue weighted by Crippen LogP contribution is 2.20. The number of hydrogen-bond donors (Lipinski definition) is 2. The number of aliphatic hydroxyl groups is 1. The summed E-state index contributed by atoms with van der Waals surface area (Å²) >= 11 is 0. The molecule has 0 aliphatic rings. The van der Waals surface area contributed by atoms with E-state index in [2.05, 4.69) is 5.32 Å². The fourth-order valence-electron chi connectivity index (χ4n) is 1.43. The summed E-state index contributed by atoms with van der Waals surface area (Å²) in [6, 6.07) is 4.52. The fourth-order valence-corrected chi connectivity index (χ4v) is 1.43. The molecule has 1 atom stereocenters. The van der Waals surface area contributed by atoms with Gasteiger partial charge in [-0.1, -0.05) is 0 Å². The molecule has 1 aromatic carbocycles. The van der Waals surface area contributed by atoms with E-state index in [9.17, 15) is 9.50 Å². The van der Waals surface area contributed by atoms with Crippen molar-refractivity contribution >= 4 is 5.69 Å². The molecular weight excluding hydrogens is 253 g/mol. The molecule has 0 aliphatic carbocycles. The molecule has 108 valence electrons. The Kier molecular flexibility index (Phi) is 7.17. The molecule has 1 rings (SSSR count). The van der Waals surface area contributed by atoms with Crippen LogP contribution in [-0.2, 0) is 9.47 Å². The van der Waals surface area contributed by atoms with Crippen LogP contribution in [0.4, 0.5) is 10.1 Å². The second-order valence-corrected chi connectivity index (χ2v) is 3.95. The van der Waals surface area contributed by atoms with Crippen LogP contribution in [-0.4, -0.2) is 51.8 Å². The van der Waals surface area contributed by atoms with Gasteiger partial charge in [0.1, 0.15) is 0 Å². The van der Waals surface area contributed by atoms with E-state index in [1.807, 2.05) is 0 Å². The first kappa shape index (κ1) is 15.7. The average Bonchev–Trinajstić information content (AvgIpc) is 2.41. The van der Waals surface area contributed by atoms with Gasteiger partial charge in [0.2, 0.25) is 0 Å². The molecule has 0 amide bonds. The monoisotopic (exact) mass is 273 g/mol. The smallest absolute Gasteiger partial charge is 0.167 e. The van der Waals surface area contributed by atoms with Crippen molar-refractivity contribution in [3.05, 3.63) is 24.0 Å². The first-order chi connectivity index (χ1) is 9.17. The molecule has 19 heavy (non-hydrogen) atoms. The van der Waals surface area contributed by atoms with Gasteiger partial charge in [-0.25, -0.2) is 4.39 Å². The van der Waals surface area contributed by atoms with Gasteiger partial charge in [-0.15, -0.1) is 0 Å². The minimum atomic E-state index is -0.665. The summed E-state index contributed by atoms with van der Waals surface area (Å²) in [6.45, 7) is 1.41. The summed E-state index contributed by atoms with van der Waals surface area (Å²) in [4.78, 5) is 0. The van der Waals surface area contributed by atoms with Crippen LogP contribution in [0.15, 0.2) is 18.2 Å². The van der Waals surface area contributed by atoms with Crippen LogP contribution in [0, 0.1) is 5.82 Å². The Morgan fingerprint density at radius 3 is 2.74 bits per heavy atom. The number of ether oxygens (including phenoxy) is 3. The normalized spacial score (nSPS) is 12.2. The fraction of sp³-hybridized carbons (Fsp3) is 0.538. The molecule has 0 radical (unpaired) electrons. The average molecular weight is 273 g/mol. The number of anilines is 1. The third-order valence-corrected chi connectivity index (χ3v) is 2.44. The van der Waals surface area contributed by atoms with E-state index in [1.54, 1.807) is 13.2 Å². The third kappa shape index (κ3) is 5.87. The molecule has 6 heteroatoms. The second kappa shape index (κ2) is 8.68. The van der Waals surface area contributed by atoms with Gasteiger partial charge in [0.15, 0.2) is 11.6 Å². The molecule has 0 spiro atoms. The zero-order chi connectivity index (χ0) is 14.1. The van der Waals surface area contributed by atoms with Crippen molar-refractivity contribution in [1.29, 1.82) is 0 Å². The Morgan fingerprint density at radius 1 is 1.32 bits per heavy atom. The highest BCUT2D eigenvalue weighted by Gasteiger charge is 2.06. The molecule has 0 fully saturated rings. The summed E-state index contributed by atoms with van der Waals surface area (Å²) < 4.78 is 28.2. The van der Waals surface area contributed by atoms with E-state index in [0.717, 1.165) is 0 Å². The molecule has 2 N–H and O–H groups in total. The lowest BCUT2D eigenvalue weighted by molar-refractivity contribution is 0.0182. The van der Waals surface area contributed by atoms with Gasteiger partial charge in [-0.05, 0) is 12.1 Å². The first-order valence-electron chi connectivity index (χ1n) is 5.99. The topological polar surface area (TPSA) is 60.0 Å². The highest BCUT2D eigenvalue weighted by molar-refractivity contribution is 5.47. The first-order valence-corrected chi connectivity index (χ1v) is 5.99. The molecular formula is C13H20FNO4. The summed E-state index contributed by atoms with van der Waals surface area (Å²) in [5.74, 6) is -0.257. The van der Waals surface area contributed by atoms with Crippen molar-refractivity contribution < 1.29 is 23.7 Å². The Labute approximate surface area is 112 Å². The number of methoxy groups -OCH3 is 2. The SMILES string of the molecule is COCCOCC(O)CNc1ccc(OC)c(F)c1. The van der Waals surface area contributed by atoms with Gasteiger partial charge in [-0.3, -0.25) is 0 Å². The lowest BCUT2D eigenvalue weighted by atomic mass is 10.2. The van der Waals surface area contributed by atoms with Gasteiger partial charge in [0, 0.05) is 25.4 Å². The summed E-state index contributed by atoms with van der Waals surface area (Å²) in [6.07, 6.45) is -0.665. The van der Waals surface area contributed by atoms with Crippen molar-refractivity contribution in [3.63, 3.8) is 0 Å². The highest BCUT2D eigenvalue weighted by atomic mass is 19.1. The largest absolute Gasteiger partial charge is 0.494 e. The van der Waals surface area contributed by atoms with Crippen LogP contribution in [0.2, 0.25) is 0 Å². The Hall–Kier alpha value is -1.37.